The minimum Gasteiger partial charge on any atom is -0.543 e. The molecule has 0 aliphatic heterocycles. The highest BCUT2D eigenvalue weighted by Gasteiger charge is 2.44. The van der Waals surface area contributed by atoms with Crippen LogP contribution in [0.4, 0.5) is 0 Å². The van der Waals surface area contributed by atoms with Gasteiger partial charge in [0, 0.05) is 17.7 Å². The summed E-state index contributed by atoms with van der Waals surface area (Å²) in [6.07, 6.45) is 0. The lowest BCUT2D eigenvalue weighted by Crippen LogP contribution is -2.50. The molecular weight excluding hydrogens is 491 g/mol. The normalized spacial score (nSPS) is 11.9. The number of hydrogen-bond acceptors (Lipinski definition) is 4. The van der Waals surface area contributed by atoms with Crippen LogP contribution < -0.4 is 19.1 Å². The molecule has 0 saturated heterocycles. The fourth-order valence-corrected chi connectivity index (χ4v) is 10.2. The predicted molar refractivity (Wildman–Crippen MR) is 159 cm³/mol. The second kappa shape index (κ2) is 11.6. The lowest BCUT2D eigenvalue weighted by Gasteiger charge is -2.39. The molecule has 3 aromatic carbocycles. The van der Waals surface area contributed by atoms with Crippen LogP contribution >= 0.6 is 0 Å². The predicted octanol–water partition coefficient (Wildman–Crippen LogP) is 7.71. The Kier molecular flexibility index (Phi) is 8.93. The van der Waals surface area contributed by atoms with Crippen LogP contribution in [0.5, 0.6) is 17.2 Å². The van der Waals surface area contributed by atoms with Gasteiger partial charge in [-0.2, -0.15) is 5.26 Å². The third-order valence-electron chi connectivity index (χ3n) is 7.37. The van der Waals surface area contributed by atoms with E-state index < -0.39 is 16.4 Å². The highest BCUT2D eigenvalue weighted by molar-refractivity contribution is 6.88. The van der Waals surface area contributed by atoms with E-state index in [1.165, 1.54) is 10.8 Å². The second-order valence-corrected chi connectivity index (χ2v) is 21.2. The molecule has 3 aromatic rings. The number of methoxy groups -OCH3 is 2. The van der Waals surface area contributed by atoms with Gasteiger partial charge in [0.1, 0.15) is 5.75 Å². The van der Waals surface area contributed by atoms with E-state index in [2.05, 4.69) is 77.7 Å². The van der Waals surface area contributed by atoms with Gasteiger partial charge in [-0.05, 0) is 40.4 Å². The lowest BCUT2D eigenvalue weighted by atomic mass is 9.99. The van der Waals surface area contributed by atoms with Crippen molar-refractivity contribution < 1.29 is 13.9 Å². The Bertz CT molecular complexity index is 1230. The highest BCUT2D eigenvalue weighted by Crippen LogP contribution is 2.39. The number of nitrogens with zero attached hydrogens (tertiary/aromatic N) is 1. The van der Waals surface area contributed by atoms with Crippen molar-refractivity contribution in [2.75, 3.05) is 14.2 Å². The number of rotatable bonds is 10. The van der Waals surface area contributed by atoms with E-state index >= 15 is 0 Å². The lowest BCUT2D eigenvalue weighted by molar-refractivity contribution is 0.355. The van der Waals surface area contributed by atoms with Crippen LogP contribution in [0.1, 0.15) is 38.8 Å². The van der Waals surface area contributed by atoms with Crippen LogP contribution in [0.3, 0.4) is 0 Å². The van der Waals surface area contributed by atoms with Crippen LogP contribution in [-0.2, 0) is 6.04 Å². The molecule has 3 rings (SSSR count). The summed E-state index contributed by atoms with van der Waals surface area (Å²) in [5.74, 6) is 2.03. The van der Waals surface area contributed by atoms with Crippen molar-refractivity contribution in [1.82, 2.24) is 0 Å². The number of benzene rings is 3. The maximum atomic E-state index is 9.73. The summed E-state index contributed by atoms with van der Waals surface area (Å²) in [6, 6.07) is 24.2. The summed E-state index contributed by atoms with van der Waals surface area (Å²) in [7, 11) is -0.364. The van der Waals surface area contributed by atoms with Gasteiger partial charge >= 0.3 is 0 Å². The van der Waals surface area contributed by atoms with Gasteiger partial charge in [0.05, 0.1) is 33.9 Å². The van der Waals surface area contributed by atoms with Crippen LogP contribution in [0.25, 0.3) is 11.1 Å². The largest absolute Gasteiger partial charge is 0.543 e. The molecule has 0 spiro atoms. The van der Waals surface area contributed by atoms with Crippen LogP contribution in [-0.4, -0.2) is 30.6 Å². The van der Waals surface area contributed by atoms with Crippen molar-refractivity contribution >= 4 is 21.6 Å². The maximum Gasteiger partial charge on any atom is 0.260 e. The minimum absolute atomic E-state index is 0.444. The van der Waals surface area contributed by atoms with Crippen molar-refractivity contribution in [1.29, 1.82) is 5.26 Å². The van der Waals surface area contributed by atoms with Crippen molar-refractivity contribution in [3.8, 4) is 34.4 Å². The van der Waals surface area contributed by atoms with E-state index in [9.17, 15) is 5.26 Å². The zero-order chi connectivity index (χ0) is 27.4. The first-order chi connectivity index (χ1) is 17.4. The van der Waals surface area contributed by atoms with Crippen LogP contribution in [0.2, 0.25) is 30.7 Å². The van der Waals surface area contributed by atoms with E-state index in [1.807, 2.05) is 30.3 Å². The van der Waals surface area contributed by atoms with E-state index in [0.717, 1.165) is 22.9 Å². The first kappa shape index (κ1) is 28.6. The molecule has 0 atom stereocenters. The summed E-state index contributed by atoms with van der Waals surface area (Å²) < 4.78 is 17.8. The Morgan fingerprint density at radius 1 is 0.784 bits per heavy atom. The molecule has 0 N–H and O–H groups in total. The van der Waals surface area contributed by atoms with Gasteiger partial charge in [0.25, 0.3) is 8.32 Å². The molecule has 0 amide bonds. The molecule has 0 bridgehead atoms. The van der Waals surface area contributed by atoms with Gasteiger partial charge in [-0.15, -0.1) is 0 Å². The average molecular weight is 532 g/mol. The molecule has 0 aromatic heterocycles. The van der Waals surface area contributed by atoms with E-state index in [1.54, 1.807) is 20.3 Å². The Morgan fingerprint density at radius 2 is 1.32 bits per heavy atom. The molecule has 4 nitrogen and oxygen atoms in total. The van der Waals surface area contributed by atoms with Crippen molar-refractivity contribution in [2.24, 2.45) is 0 Å². The summed E-state index contributed by atoms with van der Waals surface area (Å²) in [4.78, 5) is 0. The van der Waals surface area contributed by atoms with Gasteiger partial charge in [-0.25, -0.2) is 0 Å². The van der Waals surface area contributed by atoms with Crippen molar-refractivity contribution in [2.45, 2.75) is 64.5 Å². The summed E-state index contributed by atoms with van der Waals surface area (Å²) in [5.41, 5.74) is 4.54. The van der Waals surface area contributed by atoms with E-state index in [0.29, 0.717) is 28.1 Å². The Balaban J connectivity index is 1.93. The third kappa shape index (κ3) is 6.28. The van der Waals surface area contributed by atoms with Gasteiger partial charge in [-0.1, -0.05) is 88.9 Å². The number of ether oxygens (including phenoxy) is 2. The fraction of sp³-hybridized carbons (Fsp3) is 0.387. The number of hydrogen-bond donors (Lipinski definition) is 0. The Hall–Kier alpha value is -3.02. The molecule has 6 heteroatoms. The minimum atomic E-state index is -2.21. The molecule has 0 aliphatic rings. The van der Waals surface area contributed by atoms with Crippen molar-refractivity contribution in [3.63, 3.8) is 0 Å². The fourth-order valence-electron chi connectivity index (χ4n) is 4.92. The molecule has 196 valence electrons. The van der Waals surface area contributed by atoms with Gasteiger partial charge in [0.2, 0.25) is 0 Å². The van der Waals surface area contributed by atoms with E-state index in [-0.39, 0.29) is 0 Å². The maximum absolute atomic E-state index is 9.73. The first-order valence-electron chi connectivity index (χ1n) is 13.0. The smallest absolute Gasteiger partial charge is 0.260 e. The summed E-state index contributed by atoms with van der Waals surface area (Å²) >= 11 is 0. The molecular formula is C31H41NO3Si2. The molecule has 0 unspecified atom stereocenters. The van der Waals surface area contributed by atoms with Crippen LogP contribution in [0.15, 0.2) is 60.7 Å². The third-order valence-corrected chi connectivity index (χ3v) is 14.9. The highest BCUT2D eigenvalue weighted by atomic mass is 28.4. The van der Waals surface area contributed by atoms with Crippen molar-refractivity contribution in [3.05, 3.63) is 71.8 Å². The Morgan fingerprint density at radius 3 is 1.78 bits per heavy atom. The zero-order valence-corrected chi connectivity index (χ0v) is 25.8. The summed E-state index contributed by atoms with van der Waals surface area (Å²) in [5, 5.41) is 11.2. The van der Waals surface area contributed by atoms with Gasteiger partial charge in [0.15, 0.2) is 11.5 Å². The second-order valence-electron chi connectivity index (χ2n) is 11.4. The average Bonchev–Trinajstić information content (AvgIpc) is 2.87. The van der Waals surface area contributed by atoms with Gasteiger partial charge < -0.3 is 13.9 Å². The van der Waals surface area contributed by atoms with Crippen LogP contribution in [0, 0.1) is 11.3 Å². The summed E-state index contributed by atoms with van der Waals surface area (Å²) in [6.45, 7) is 16.4. The molecule has 0 aliphatic carbocycles. The monoisotopic (exact) mass is 531 g/mol. The quantitative estimate of drug-likeness (QED) is 0.251. The van der Waals surface area contributed by atoms with Gasteiger partial charge in [-0.3, -0.25) is 0 Å². The molecule has 0 saturated carbocycles. The zero-order valence-electron chi connectivity index (χ0n) is 23.8. The molecule has 37 heavy (non-hydrogen) atoms. The topological polar surface area (TPSA) is 51.5 Å². The molecule has 0 radical (unpaired) electrons. The Labute approximate surface area is 225 Å². The molecule has 0 fully saturated rings. The molecule has 0 heterocycles. The van der Waals surface area contributed by atoms with E-state index in [4.69, 9.17) is 13.9 Å². The SMILES string of the molecule is COc1cc(C#N)c(-c2ccc(O[Si](Cc3ccc([Si](C)(C)C)cc3)(C(C)C)C(C)C)cc2)cc1OC. The first-order valence-corrected chi connectivity index (χ1v) is 18.8. The standard InChI is InChI=1S/C31H41NO3Si2/c1-22(2)37(23(3)4,21-24-10-16-28(17-11-24)36(7,8)9)35-27-14-12-25(13-15-27)29-19-31(34-6)30(33-5)18-26(29)20-32/h10-19,22-23H,21H2,1-9H3. The number of nitriles is 1.